The predicted octanol–water partition coefficient (Wildman–Crippen LogP) is 1.78. The summed E-state index contributed by atoms with van der Waals surface area (Å²) in [6.45, 7) is 7.79. The fraction of sp³-hybridized carbons (Fsp3) is 0.700. The van der Waals surface area contributed by atoms with Crippen LogP contribution in [0.4, 0.5) is 0 Å². The summed E-state index contributed by atoms with van der Waals surface area (Å²) in [5.74, 6) is 0. The van der Waals surface area contributed by atoms with Crippen LogP contribution in [0.1, 0.15) is 39.4 Å². The van der Waals surface area contributed by atoms with Crippen LogP contribution in [-0.2, 0) is 6.42 Å². The monoisotopic (exact) mass is 182 g/mol. The Labute approximate surface area is 79.4 Å². The summed E-state index contributed by atoms with van der Waals surface area (Å²) in [6, 6.07) is 2.31. The number of hydrogen-bond acceptors (Lipinski definition) is 2. The second kappa shape index (κ2) is 3.50. The van der Waals surface area contributed by atoms with E-state index in [4.69, 9.17) is 0 Å². The van der Waals surface area contributed by atoms with Gasteiger partial charge in [-0.3, -0.25) is 4.68 Å². The zero-order valence-corrected chi connectivity index (χ0v) is 8.78. The zero-order chi connectivity index (χ0) is 10.1. The number of hydrogen-bond donors (Lipinski definition) is 1. The lowest BCUT2D eigenvalue weighted by atomic mass is 10.0. The fourth-order valence-electron chi connectivity index (χ4n) is 1.39. The van der Waals surface area contributed by atoms with E-state index >= 15 is 0 Å². The summed E-state index contributed by atoms with van der Waals surface area (Å²) in [6.07, 6.45) is 2.42. The Morgan fingerprint density at radius 1 is 1.54 bits per heavy atom. The van der Waals surface area contributed by atoms with Gasteiger partial charge >= 0.3 is 0 Å². The highest BCUT2D eigenvalue weighted by atomic mass is 16.3. The van der Waals surface area contributed by atoms with Gasteiger partial charge in [-0.15, -0.1) is 0 Å². The molecule has 0 saturated carbocycles. The van der Waals surface area contributed by atoms with Crippen molar-refractivity contribution in [2.75, 3.05) is 0 Å². The van der Waals surface area contributed by atoms with Gasteiger partial charge in [0.25, 0.3) is 0 Å². The fourth-order valence-corrected chi connectivity index (χ4v) is 1.39. The molecule has 1 rings (SSSR count). The van der Waals surface area contributed by atoms with Crippen molar-refractivity contribution in [3.63, 3.8) is 0 Å². The summed E-state index contributed by atoms with van der Waals surface area (Å²) >= 11 is 0. The van der Waals surface area contributed by atoms with Gasteiger partial charge in [0.05, 0.1) is 5.60 Å². The molecule has 1 heterocycles. The minimum absolute atomic E-state index is 0.354. The van der Waals surface area contributed by atoms with E-state index in [1.165, 1.54) is 0 Å². The van der Waals surface area contributed by atoms with Crippen LogP contribution in [0.15, 0.2) is 12.3 Å². The summed E-state index contributed by atoms with van der Waals surface area (Å²) in [5.41, 5.74) is 0.426. The number of rotatable bonds is 3. The predicted molar refractivity (Wildman–Crippen MR) is 52.6 cm³/mol. The van der Waals surface area contributed by atoms with Crippen molar-refractivity contribution in [1.29, 1.82) is 0 Å². The molecule has 13 heavy (non-hydrogen) atoms. The molecule has 0 aliphatic rings. The van der Waals surface area contributed by atoms with E-state index in [9.17, 15) is 5.11 Å². The zero-order valence-electron chi connectivity index (χ0n) is 8.78. The Morgan fingerprint density at radius 3 is 2.62 bits per heavy atom. The first-order valence-corrected chi connectivity index (χ1v) is 4.65. The summed E-state index contributed by atoms with van der Waals surface area (Å²) < 4.78 is 1.94. The largest absolute Gasteiger partial charge is 0.390 e. The van der Waals surface area contributed by atoms with Gasteiger partial charge in [-0.25, -0.2) is 0 Å². The van der Waals surface area contributed by atoms with Gasteiger partial charge in [0.1, 0.15) is 0 Å². The maximum Gasteiger partial charge on any atom is 0.0646 e. The van der Waals surface area contributed by atoms with E-state index in [-0.39, 0.29) is 0 Å². The SMILES string of the molecule is CC(C)n1nccc1CC(C)(C)O. The van der Waals surface area contributed by atoms with E-state index in [0.29, 0.717) is 12.5 Å². The molecule has 3 nitrogen and oxygen atoms in total. The third kappa shape index (κ3) is 2.84. The average molecular weight is 182 g/mol. The smallest absolute Gasteiger partial charge is 0.0646 e. The van der Waals surface area contributed by atoms with Crippen LogP contribution < -0.4 is 0 Å². The minimum atomic E-state index is -0.660. The highest BCUT2D eigenvalue weighted by Gasteiger charge is 2.17. The van der Waals surface area contributed by atoms with Crippen molar-refractivity contribution >= 4 is 0 Å². The van der Waals surface area contributed by atoms with Crippen LogP contribution in [-0.4, -0.2) is 20.5 Å². The van der Waals surface area contributed by atoms with Crippen LogP contribution in [0, 0.1) is 0 Å². The first kappa shape index (κ1) is 10.3. The van der Waals surface area contributed by atoms with Gasteiger partial charge < -0.3 is 5.11 Å². The second-order valence-corrected chi connectivity index (χ2v) is 4.35. The molecule has 0 unspecified atom stereocenters. The maximum atomic E-state index is 9.65. The van der Waals surface area contributed by atoms with E-state index in [0.717, 1.165) is 5.69 Å². The van der Waals surface area contributed by atoms with Gasteiger partial charge in [-0.05, 0) is 33.8 Å². The molecule has 1 aromatic heterocycles. The Morgan fingerprint density at radius 2 is 2.15 bits per heavy atom. The van der Waals surface area contributed by atoms with Crippen molar-refractivity contribution in [2.24, 2.45) is 0 Å². The Bertz CT molecular complexity index is 271. The Balaban J connectivity index is 2.83. The number of nitrogens with zero attached hydrogens (tertiary/aromatic N) is 2. The van der Waals surface area contributed by atoms with Crippen molar-refractivity contribution < 1.29 is 5.11 Å². The first-order valence-electron chi connectivity index (χ1n) is 4.65. The van der Waals surface area contributed by atoms with Crippen molar-refractivity contribution in [1.82, 2.24) is 9.78 Å². The van der Waals surface area contributed by atoms with Gasteiger partial charge in [0.2, 0.25) is 0 Å². The van der Waals surface area contributed by atoms with Crippen molar-refractivity contribution in [2.45, 2.75) is 45.8 Å². The van der Waals surface area contributed by atoms with Crippen LogP contribution in [0.25, 0.3) is 0 Å². The van der Waals surface area contributed by atoms with Gasteiger partial charge in [-0.1, -0.05) is 0 Å². The molecule has 0 aromatic carbocycles. The van der Waals surface area contributed by atoms with E-state index in [1.54, 1.807) is 6.20 Å². The molecular weight excluding hydrogens is 164 g/mol. The quantitative estimate of drug-likeness (QED) is 0.773. The topological polar surface area (TPSA) is 38.0 Å². The van der Waals surface area contributed by atoms with Crippen LogP contribution in [0.2, 0.25) is 0 Å². The molecule has 74 valence electrons. The number of aliphatic hydroxyl groups is 1. The average Bonchev–Trinajstić information content (AvgIpc) is 2.31. The molecule has 0 amide bonds. The van der Waals surface area contributed by atoms with Crippen LogP contribution in [0.5, 0.6) is 0 Å². The second-order valence-electron chi connectivity index (χ2n) is 4.35. The molecule has 0 radical (unpaired) electrons. The van der Waals surface area contributed by atoms with Gasteiger partial charge in [0.15, 0.2) is 0 Å². The molecule has 0 fully saturated rings. The minimum Gasteiger partial charge on any atom is -0.390 e. The number of aromatic nitrogens is 2. The third-order valence-electron chi connectivity index (χ3n) is 1.86. The van der Waals surface area contributed by atoms with Crippen LogP contribution in [0.3, 0.4) is 0 Å². The molecule has 1 N–H and O–H groups in total. The van der Waals surface area contributed by atoms with E-state index in [1.807, 2.05) is 24.6 Å². The van der Waals surface area contributed by atoms with E-state index < -0.39 is 5.60 Å². The summed E-state index contributed by atoms with van der Waals surface area (Å²) in [7, 11) is 0. The molecule has 0 saturated heterocycles. The lowest BCUT2D eigenvalue weighted by Crippen LogP contribution is -2.24. The highest BCUT2D eigenvalue weighted by Crippen LogP contribution is 2.14. The molecule has 0 atom stereocenters. The first-order chi connectivity index (χ1) is 5.90. The highest BCUT2D eigenvalue weighted by molar-refractivity contribution is 5.04. The maximum absolute atomic E-state index is 9.65. The third-order valence-corrected chi connectivity index (χ3v) is 1.86. The Kier molecular flexibility index (Phi) is 2.76. The molecule has 0 bridgehead atoms. The molecule has 0 aliphatic carbocycles. The molecule has 0 aliphatic heterocycles. The van der Waals surface area contributed by atoms with Crippen molar-refractivity contribution in [3.8, 4) is 0 Å². The van der Waals surface area contributed by atoms with Crippen LogP contribution >= 0.6 is 0 Å². The normalized spacial score (nSPS) is 12.5. The van der Waals surface area contributed by atoms with Gasteiger partial charge in [-0.2, -0.15) is 5.10 Å². The lowest BCUT2D eigenvalue weighted by molar-refractivity contribution is 0.0783. The lowest BCUT2D eigenvalue weighted by Gasteiger charge is -2.19. The van der Waals surface area contributed by atoms with E-state index in [2.05, 4.69) is 18.9 Å². The summed E-state index contributed by atoms with van der Waals surface area (Å²) in [5, 5.41) is 13.9. The molecular formula is C10H18N2O. The summed E-state index contributed by atoms with van der Waals surface area (Å²) in [4.78, 5) is 0. The van der Waals surface area contributed by atoms with Gasteiger partial charge in [0, 0.05) is 24.4 Å². The molecule has 3 heteroatoms. The standard InChI is InChI=1S/C10H18N2O/c1-8(2)12-9(5-6-11-12)7-10(3,4)13/h5-6,8,13H,7H2,1-4H3. The molecule has 0 spiro atoms. The molecule has 1 aromatic rings. The van der Waals surface area contributed by atoms with Crippen molar-refractivity contribution in [3.05, 3.63) is 18.0 Å². The Hall–Kier alpha value is -0.830.